The molecule has 1 aromatic carbocycles. The van der Waals surface area contributed by atoms with Crippen molar-refractivity contribution in [3.63, 3.8) is 0 Å². The number of anilines is 1. The smallest absolute Gasteiger partial charge is 0.244 e. The zero-order valence-corrected chi connectivity index (χ0v) is 12.2. The van der Waals surface area contributed by atoms with Gasteiger partial charge in [-0.15, -0.1) is 0 Å². The second-order valence-electron chi connectivity index (χ2n) is 4.63. The summed E-state index contributed by atoms with van der Waals surface area (Å²) >= 11 is 5.91. The van der Waals surface area contributed by atoms with Gasteiger partial charge in [-0.1, -0.05) is 17.7 Å². The molecule has 2 rings (SSSR count). The summed E-state index contributed by atoms with van der Waals surface area (Å²) in [6.07, 6.45) is 0.910. The van der Waals surface area contributed by atoms with E-state index in [9.17, 15) is 8.42 Å². The molecule has 5 nitrogen and oxygen atoms in total. The molecule has 0 amide bonds. The minimum absolute atomic E-state index is 0.0526. The highest BCUT2D eigenvalue weighted by Crippen LogP contribution is 2.27. The first-order valence-corrected chi connectivity index (χ1v) is 7.93. The molecule has 0 spiro atoms. The number of nitrogens with two attached hydrogens (primary N) is 1. The molecule has 1 fully saturated rings. The van der Waals surface area contributed by atoms with Crippen molar-refractivity contribution in [2.45, 2.75) is 24.3 Å². The summed E-state index contributed by atoms with van der Waals surface area (Å²) in [5, 5.41) is 0.128. The first kappa shape index (κ1) is 14.6. The highest BCUT2D eigenvalue weighted by atomic mass is 35.5. The van der Waals surface area contributed by atoms with Gasteiger partial charge in [0.15, 0.2) is 0 Å². The molecule has 1 saturated heterocycles. The van der Waals surface area contributed by atoms with E-state index in [2.05, 4.69) is 4.72 Å². The predicted octanol–water partition coefficient (Wildman–Crippen LogP) is 1.63. The molecular weight excluding hydrogens is 288 g/mol. The lowest BCUT2D eigenvalue weighted by atomic mass is 10.0. The molecule has 1 heterocycles. The number of halogens is 1. The molecule has 1 aliphatic rings. The Hall–Kier alpha value is -0.820. The number of sulfonamides is 1. The minimum atomic E-state index is -3.70. The van der Waals surface area contributed by atoms with Crippen molar-refractivity contribution in [1.29, 1.82) is 0 Å². The lowest BCUT2D eigenvalue weighted by Gasteiger charge is -2.16. The van der Waals surface area contributed by atoms with Gasteiger partial charge in [-0.25, -0.2) is 13.1 Å². The van der Waals surface area contributed by atoms with Gasteiger partial charge in [-0.3, -0.25) is 0 Å². The third-order valence-electron chi connectivity index (χ3n) is 3.33. The summed E-state index contributed by atoms with van der Waals surface area (Å²) in [6, 6.07) is 4.64. The minimum Gasteiger partial charge on any atom is -0.398 e. The maximum Gasteiger partial charge on any atom is 0.244 e. The highest BCUT2D eigenvalue weighted by Gasteiger charge is 2.27. The van der Waals surface area contributed by atoms with Crippen molar-refractivity contribution in [1.82, 2.24) is 4.72 Å². The Morgan fingerprint density at radius 1 is 1.53 bits per heavy atom. The van der Waals surface area contributed by atoms with Crippen molar-refractivity contribution < 1.29 is 13.2 Å². The summed E-state index contributed by atoms with van der Waals surface area (Å²) < 4.78 is 32.4. The maximum absolute atomic E-state index is 12.2. The molecular formula is C12H17ClN2O3S. The Bertz CT molecular complexity index is 542. The fourth-order valence-corrected chi connectivity index (χ4v) is 3.91. The number of ether oxygens (including phenoxy) is 1. The van der Waals surface area contributed by atoms with E-state index in [1.54, 1.807) is 6.07 Å². The molecule has 0 radical (unpaired) electrons. The van der Waals surface area contributed by atoms with Crippen LogP contribution in [-0.2, 0) is 14.8 Å². The predicted molar refractivity (Wildman–Crippen MR) is 74.6 cm³/mol. The molecule has 1 aliphatic heterocycles. The number of hydrogen-bond donors (Lipinski definition) is 2. The van der Waals surface area contributed by atoms with Gasteiger partial charge in [0.25, 0.3) is 0 Å². The number of nitrogen functional groups attached to an aromatic ring is 1. The van der Waals surface area contributed by atoms with Gasteiger partial charge in [-0.2, -0.15) is 0 Å². The Kier molecular flexibility index (Phi) is 4.35. The second kappa shape index (κ2) is 5.66. The maximum atomic E-state index is 12.2. The Morgan fingerprint density at radius 3 is 2.84 bits per heavy atom. The first-order chi connectivity index (χ1) is 8.92. The third-order valence-corrected chi connectivity index (χ3v) is 5.30. The second-order valence-corrected chi connectivity index (χ2v) is 6.75. The summed E-state index contributed by atoms with van der Waals surface area (Å²) in [4.78, 5) is -0.0526. The topological polar surface area (TPSA) is 81.4 Å². The lowest BCUT2D eigenvalue weighted by Crippen LogP contribution is -2.32. The summed E-state index contributed by atoms with van der Waals surface area (Å²) in [5.41, 5.74) is 5.84. The van der Waals surface area contributed by atoms with Gasteiger partial charge in [0.2, 0.25) is 10.0 Å². The van der Waals surface area contributed by atoms with E-state index in [0.29, 0.717) is 13.2 Å². The number of benzene rings is 1. The van der Waals surface area contributed by atoms with E-state index in [4.69, 9.17) is 22.1 Å². The van der Waals surface area contributed by atoms with Gasteiger partial charge in [-0.05, 0) is 25.5 Å². The quantitative estimate of drug-likeness (QED) is 0.828. The van der Waals surface area contributed by atoms with Crippen LogP contribution in [0, 0.1) is 5.92 Å². The van der Waals surface area contributed by atoms with Gasteiger partial charge >= 0.3 is 0 Å². The Balaban J connectivity index is 2.14. The van der Waals surface area contributed by atoms with Crippen molar-refractivity contribution >= 4 is 27.3 Å². The molecule has 1 aromatic rings. The van der Waals surface area contributed by atoms with Crippen molar-refractivity contribution in [2.24, 2.45) is 5.92 Å². The van der Waals surface area contributed by atoms with Crippen LogP contribution in [0.5, 0.6) is 0 Å². The fraction of sp³-hybridized carbons (Fsp3) is 0.500. The Labute approximate surface area is 118 Å². The normalized spacial score (nSPS) is 23.7. The van der Waals surface area contributed by atoms with Crippen LogP contribution in [0.1, 0.15) is 13.3 Å². The van der Waals surface area contributed by atoms with Crippen LogP contribution in [0.2, 0.25) is 5.02 Å². The van der Waals surface area contributed by atoms with E-state index in [1.165, 1.54) is 12.1 Å². The molecule has 7 heteroatoms. The molecule has 106 valence electrons. The third kappa shape index (κ3) is 3.20. The van der Waals surface area contributed by atoms with Crippen LogP contribution >= 0.6 is 11.6 Å². The summed E-state index contributed by atoms with van der Waals surface area (Å²) in [7, 11) is -3.70. The van der Waals surface area contributed by atoms with E-state index >= 15 is 0 Å². The van der Waals surface area contributed by atoms with Crippen molar-refractivity contribution in [3.8, 4) is 0 Å². The van der Waals surface area contributed by atoms with Crippen LogP contribution in [0.15, 0.2) is 23.1 Å². The largest absolute Gasteiger partial charge is 0.398 e. The van der Waals surface area contributed by atoms with Crippen LogP contribution < -0.4 is 10.5 Å². The van der Waals surface area contributed by atoms with Crippen LogP contribution in [0.25, 0.3) is 0 Å². The standard InChI is InChI=1S/C12H17ClN2O3S/c1-8-9(5-6-18-8)7-15-19(16,17)12-10(13)3-2-4-11(12)14/h2-4,8-9,15H,5-7,14H2,1H3. The highest BCUT2D eigenvalue weighted by molar-refractivity contribution is 7.89. The molecule has 0 aromatic heterocycles. The molecule has 0 saturated carbocycles. The van der Waals surface area contributed by atoms with E-state index in [-0.39, 0.29) is 27.6 Å². The summed E-state index contributed by atoms with van der Waals surface area (Å²) in [6.45, 7) is 2.94. The molecule has 2 atom stereocenters. The Morgan fingerprint density at radius 2 is 2.26 bits per heavy atom. The molecule has 19 heavy (non-hydrogen) atoms. The molecule has 3 N–H and O–H groups in total. The van der Waals surface area contributed by atoms with E-state index in [1.807, 2.05) is 6.92 Å². The zero-order chi connectivity index (χ0) is 14.0. The lowest BCUT2D eigenvalue weighted by molar-refractivity contribution is 0.107. The van der Waals surface area contributed by atoms with Gasteiger partial charge in [0.1, 0.15) is 4.90 Å². The van der Waals surface area contributed by atoms with Gasteiger partial charge in [0, 0.05) is 19.1 Å². The van der Waals surface area contributed by atoms with Crippen LogP contribution in [0.3, 0.4) is 0 Å². The molecule has 0 aliphatic carbocycles. The average Bonchev–Trinajstić information content (AvgIpc) is 2.72. The number of hydrogen-bond acceptors (Lipinski definition) is 4. The van der Waals surface area contributed by atoms with Gasteiger partial charge in [0.05, 0.1) is 16.8 Å². The van der Waals surface area contributed by atoms with E-state index < -0.39 is 10.0 Å². The fourth-order valence-electron chi connectivity index (χ4n) is 2.14. The number of nitrogens with one attached hydrogen (secondary N) is 1. The SMILES string of the molecule is CC1OCCC1CNS(=O)(=O)c1c(N)cccc1Cl. The molecule has 0 bridgehead atoms. The average molecular weight is 305 g/mol. The van der Waals surface area contributed by atoms with Crippen LogP contribution in [-0.4, -0.2) is 27.7 Å². The zero-order valence-electron chi connectivity index (χ0n) is 10.6. The van der Waals surface area contributed by atoms with E-state index in [0.717, 1.165) is 6.42 Å². The monoisotopic (exact) mass is 304 g/mol. The van der Waals surface area contributed by atoms with Crippen LogP contribution in [0.4, 0.5) is 5.69 Å². The van der Waals surface area contributed by atoms with Crippen molar-refractivity contribution in [2.75, 3.05) is 18.9 Å². The van der Waals surface area contributed by atoms with Crippen molar-refractivity contribution in [3.05, 3.63) is 23.2 Å². The molecule has 2 unspecified atom stereocenters. The van der Waals surface area contributed by atoms with Gasteiger partial charge < -0.3 is 10.5 Å². The first-order valence-electron chi connectivity index (χ1n) is 6.07. The number of rotatable bonds is 4. The summed E-state index contributed by atoms with van der Waals surface area (Å²) in [5.74, 6) is 0.179.